The van der Waals surface area contributed by atoms with Crippen molar-refractivity contribution in [1.29, 1.82) is 0 Å². The number of carbonyl (C=O) groups excluding carboxylic acids is 2. The van der Waals surface area contributed by atoms with E-state index in [0.29, 0.717) is 5.56 Å². The molecule has 0 unspecified atom stereocenters. The average Bonchev–Trinajstić information content (AvgIpc) is 2.79. The zero-order valence-corrected chi connectivity index (χ0v) is 12.6. The van der Waals surface area contributed by atoms with Crippen molar-refractivity contribution in [2.24, 2.45) is 0 Å². The van der Waals surface area contributed by atoms with E-state index in [0.717, 1.165) is 16.7 Å². The average molecular weight is 331 g/mol. The van der Waals surface area contributed by atoms with Crippen LogP contribution in [0, 0.1) is 11.6 Å². The van der Waals surface area contributed by atoms with Gasteiger partial charge in [-0.05, 0) is 41.6 Å². The Morgan fingerprint density at radius 1 is 1.00 bits per heavy atom. The van der Waals surface area contributed by atoms with Crippen LogP contribution in [0.2, 0.25) is 0 Å². The molecule has 1 heterocycles. The van der Waals surface area contributed by atoms with E-state index in [1.54, 1.807) is 12.1 Å². The maximum atomic E-state index is 13.6. The first-order chi connectivity index (χ1) is 11.0. The van der Waals surface area contributed by atoms with Crippen LogP contribution in [0.1, 0.15) is 11.1 Å². The molecule has 3 rings (SSSR count). The van der Waals surface area contributed by atoms with Crippen LogP contribution in [0.15, 0.2) is 53.4 Å². The SMILES string of the molecule is O=C1S/C(=C/c2ccccc2F)C(=O)N1Cc1ccc(F)cc1. The second-order valence-corrected chi connectivity index (χ2v) is 5.91. The summed E-state index contributed by atoms with van der Waals surface area (Å²) < 4.78 is 26.5. The Morgan fingerprint density at radius 2 is 1.70 bits per heavy atom. The molecule has 116 valence electrons. The summed E-state index contributed by atoms with van der Waals surface area (Å²) in [5.74, 6) is -1.33. The van der Waals surface area contributed by atoms with Crippen LogP contribution in [-0.2, 0) is 11.3 Å². The van der Waals surface area contributed by atoms with Crippen LogP contribution in [0.5, 0.6) is 0 Å². The molecule has 2 amide bonds. The molecule has 0 atom stereocenters. The van der Waals surface area contributed by atoms with E-state index in [2.05, 4.69) is 0 Å². The fourth-order valence-electron chi connectivity index (χ4n) is 2.14. The minimum atomic E-state index is -0.479. The number of nitrogens with zero attached hydrogens (tertiary/aromatic N) is 1. The van der Waals surface area contributed by atoms with Gasteiger partial charge >= 0.3 is 0 Å². The van der Waals surface area contributed by atoms with Crippen LogP contribution in [-0.4, -0.2) is 16.0 Å². The largest absolute Gasteiger partial charge is 0.293 e. The standard InChI is InChI=1S/C17H11F2NO2S/c18-13-7-5-11(6-8-13)10-20-16(21)15(23-17(20)22)9-12-3-1-2-4-14(12)19/h1-9H,10H2/b15-9+. The van der Waals surface area contributed by atoms with Gasteiger partial charge in [-0.1, -0.05) is 30.3 Å². The van der Waals surface area contributed by atoms with Crippen molar-refractivity contribution in [3.05, 3.63) is 76.2 Å². The van der Waals surface area contributed by atoms with Gasteiger partial charge in [-0.3, -0.25) is 14.5 Å². The van der Waals surface area contributed by atoms with E-state index in [-0.39, 0.29) is 22.8 Å². The Labute approximate surface area is 135 Å². The lowest BCUT2D eigenvalue weighted by atomic mass is 10.2. The highest BCUT2D eigenvalue weighted by Crippen LogP contribution is 2.33. The molecule has 0 aromatic heterocycles. The highest BCUT2D eigenvalue weighted by molar-refractivity contribution is 8.18. The first-order valence-corrected chi connectivity index (χ1v) is 7.60. The third kappa shape index (κ3) is 3.32. The maximum absolute atomic E-state index is 13.6. The summed E-state index contributed by atoms with van der Waals surface area (Å²) in [4.78, 5) is 25.6. The van der Waals surface area contributed by atoms with Gasteiger partial charge < -0.3 is 0 Å². The predicted octanol–water partition coefficient (Wildman–Crippen LogP) is 4.20. The molecule has 23 heavy (non-hydrogen) atoms. The van der Waals surface area contributed by atoms with Crippen molar-refractivity contribution in [2.45, 2.75) is 6.54 Å². The van der Waals surface area contributed by atoms with Crippen LogP contribution in [0.4, 0.5) is 13.6 Å². The fourth-order valence-corrected chi connectivity index (χ4v) is 2.97. The smallest absolute Gasteiger partial charge is 0.268 e. The predicted molar refractivity (Wildman–Crippen MR) is 84.3 cm³/mol. The van der Waals surface area contributed by atoms with Crippen molar-refractivity contribution in [1.82, 2.24) is 4.90 Å². The van der Waals surface area contributed by atoms with Crippen LogP contribution >= 0.6 is 11.8 Å². The minimum absolute atomic E-state index is 0.0551. The van der Waals surface area contributed by atoms with Crippen molar-refractivity contribution >= 4 is 29.0 Å². The molecule has 0 bridgehead atoms. The summed E-state index contributed by atoms with van der Waals surface area (Å²) in [6, 6.07) is 11.6. The van der Waals surface area contributed by atoms with Gasteiger partial charge in [-0.15, -0.1) is 0 Å². The van der Waals surface area contributed by atoms with Crippen molar-refractivity contribution in [2.75, 3.05) is 0 Å². The molecule has 0 aliphatic carbocycles. The Bertz CT molecular complexity index is 802. The summed E-state index contributed by atoms with van der Waals surface area (Å²) in [7, 11) is 0. The van der Waals surface area contributed by atoms with E-state index in [1.165, 1.54) is 42.5 Å². The lowest BCUT2D eigenvalue weighted by Gasteiger charge is -2.12. The van der Waals surface area contributed by atoms with E-state index in [9.17, 15) is 18.4 Å². The first kappa shape index (κ1) is 15.4. The Hall–Kier alpha value is -2.47. The number of benzene rings is 2. The van der Waals surface area contributed by atoms with Gasteiger partial charge in [0.05, 0.1) is 11.4 Å². The minimum Gasteiger partial charge on any atom is -0.268 e. The quantitative estimate of drug-likeness (QED) is 0.791. The molecule has 0 radical (unpaired) electrons. The second-order valence-electron chi connectivity index (χ2n) is 4.92. The molecule has 1 fully saturated rings. The lowest BCUT2D eigenvalue weighted by Crippen LogP contribution is -2.27. The molecule has 6 heteroatoms. The number of amides is 2. The summed E-state index contributed by atoms with van der Waals surface area (Å²) in [5.41, 5.74) is 0.889. The Morgan fingerprint density at radius 3 is 2.39 bits per heavy atom. The number of hydrogen-bond donors (Lipinski definition) is 0. The molecule has 0 saturated carbocycles. The van der Waals surface area contributed by atoms with Gasteiger partial charge in [0.15, 0.2) is 0 Å². The van der Waals surface area contributed by atoms with Crippen molar-refractivity contribution < 1.29 is 18.4 Å². The normalized spacial score (nSPS) is 16.4. The molecule has 2 aromatic rings. The maximum Gasteiger partial charge on any atom is 0.293 e. The third-order valence-electron chi connectivity index (χ3n) is 3.32. The van der Waals surface area contributed by atoms with E-state index < -0.39 is 17.0 Å². The highest BCUT2D eigenvalue weighted by Gasteiger charge is 2.35. The van der Waals surface area contributed by atoms with Gasteiger partial charge in [-0.25, -0.2) is 8.78 Å². The molecule has 3 nitrogen and oxygen atoms in total. The van der Waals surface area contributed by atoms with Crippen LogP contribution in [0.3, 0.4) is 0 Å². The van der Waals surface area contributed by atoms with E-state index in [4.69, 9.17) is 0 Å². The van der Waals surface area contributed by atoms with Gasteiger partial charge in [0.1, 0.15) is 11.6 Å². The van der Waals surface area contributed by atoms with Gasteiger partial charge in [0.25, 0.3) is 11.1 Å². The molecule has 1 aliphatic rings. The summed E-state index contributed by atoms with van der Waals surface area (Å²) >= 11 is 0.766. The molecule has 0 spiro atoms. The molecule has 1 aliphatic heterocycles. The van der Waals surface area contributed by atoms with Crippen molar-refractivity contribution in [3.8, 4) is 0 Å². The summed E-state index contributed by atoms with van der Waals surface area (Å²) in [6.45, 7) is 0.0551. The lowest BCUT2D eigenvalue weighted by molar-refractivity contribution is -0.123. The highest BCUT2D eigenvalue weighted by atomic mass is 32.2. The van der Waals surface area contributed by atoms with Gasteiger partial charge in [0, 0.05) is 5.56 Å². The summed E-state index contributed by atoms with van der Waals surface area (Å²) in [6.07, 6.45) is 1.37. The van der Waals surface area contributed by atoms with E-state index in [1.807, 2.05) is 0 Å². The third-order valence-corrected chi connectivity index (χ3v) is 4.23. The second kappa shape index (κ2) is 6.34. The zero-order chi connectivity index (χ0) is 16.4. The number of imide groups is 1. The van der Waals surface area contributed by atoms with Crippen LogP contribution < -0.4 is 0 Å². The number of rotatable bonds is 3. The summed E-state index contributed by atoms with van der Waals surface area (Å²) in [5, 5.41) is -0.429. The van der Waals surface area contributed by atoms with E-state index >= 15 is 0 Å². The Kier molecular flexibility index (Phi) is 4.25. The number of carbonyl (C=O) groups is 2. The number of hydrogen-bond acceptors (Lipinski definition) is 3. The first-order valence-electron chi connectivity index (χ1n) is 6.79. The Balaban J connectivity index is 1.82. The fraction of sp³-hybridized carbons (Fsp3) is 0.0588. The molecule has 2 aromatic carbocycles. The monoisotopic (exact) mass is 331 g/mol. The van der Waals surface area contributed by atoms with Crippen LogP contribution in [0.25, 0.3) is 6.08 Å². The van der Waals surface area contributed by atoms with Crippen molar-refractivity contribution in [3.63, 3.8) is 0 Å². The van der Waals surface area contributed by atoms with Gasteiger partial charge in [0.2, 0.25) is 0 Å². The molecule has 1 saturated heterocycles. The topological polar surface area (TPSA) is 37.4 Å². The van der Waals surface area contributed by atoms with Gasteiger partial charge in [-0.2, -0.15) is 0 Å². The zero-order valence-electron chi connectivity index (χ0n) is 11.8. The molecular formula is C17H11F2NO2S. The number of thioether (sulfide) groups is 1. The number of halogens is 2. The molecular weight excluding hydrogens is 320 g/mol. The molecule has 0 N–H and O–H groups in total.